The van der Waals surface area contributed by atoms with Crippen LogP contribution < -0.4 is 9.47 Å². The van der Waals surface area contributed by atoms with Crippen molar-refractivity contribution >= 4 is 0 Å². The molecule has 0 amide bonds. The van der Waals surface area contributed by atoms with Gasteiger partial charge in [-0.2, -0.15) is 0 Å². The molecular weight excluding hydrogens is 282 g/mol. The fourth-order valence-corrected chi connectivity index (χ4v) is 2.07. The van der Waals surface area contributed by atoms with E-state index in [2.05, 4.69) is 9.97 Å². The number of hydrogen-bond donors (Lipinski definition) is 0. The van der Waals surface area contributed by atoms with Crippen LogP contribution in [0.3, 0.4) is 0 Å². The molecule has 3 rings (SSSR count). The van der Waals surface area contributed by atoms with Crippen molar-refractivity contribution in [1.82, 2.24) is 14.5 Å². The van der Waals surface area contributed by atoms with Crippen molar-refractivity contribution < 1.29 is 13.9 Å². The molecule has 2 aromatic heterocycles. The normalized spacial score (nSPS) is 10.6. The number of aromatic nitrogens is 3. The van der Waals surface area contributed by atoms with Gasteiger partial charge in [0.1, 0.15) is 12.1 Å². The standard InChI is InChI=1S/C16H17N3O3/c1-20-14-6-2-3-7-15(14)21-10-4-5-13-11-18-16(22-13)19-9-8-17-12-19/h2-3,6-9,11-12H,4-5,10H2,1H3. The van der Waals surface area contributed by atoms with E-state index in [1.807, 2.05) is 24.3 Å². The number of rotatable bonds is 7. The summed E-state index contributed by atoms with van der Waals surface area (Å²) in [6.07, 6.45) is 8.46. The largest absolute Gasteiger partial charge is 0.493 e. The maximum Gasteiger partial charge on any atom is 0.307 e. The first-order chi connectivity index (χ1) is 10.9. The quantitative estimate of drug-likeness (QED) is 0.628. The lowest BCUT2D eigenvalue weighted by Crippen LogP contribution is -2.00. The molecule has 0 atom stereocenters. The topological polar surface area (TPSA) is 62.3 Å². The molecule has 3 aromatic rings. The van der Waals surface area contributed by atoms with Gasteiger partial charge >= 0.3 is 6.01 Å². The predicted molar refractivity (Wildman–Crippen MR) is 80.4 cm³/mol. The van der Waals surface area contributed by atoms with E-state index in [1.54, 1.807) is 36.6 Å². The zero-order valence-electron chi connectivity index (χ0n) is 12.3. The Kier molecular flexibility index (Phi) is 4.38. The minimum absolute atomic E-state index is 0.526. The number of nitrogens with zero attached hydrogens (tertiary/aromatic N) is 3. The Morgan fingerprint density at radius 2 is 2.09 bits per heavy atom. The number of aryl methyl sites for hydroxylation is 1. The number of methoxy groups -OCH3 is 1. The van der Waals surface area contributed by atoms with E-state index < -0.39 is 0 Å². The highest BCUT2D eigenvalue weighted by Crippen LogP contribution is 2.25. The fraction of sp³-hybridized carbons (Fsp3) is 0.250. The Morgan fingerprint density at radius 3 is 2.86 bits per heavy atom. The summed E-state index contributed by atoms with van der Waals surface area (Å²) < 4.78 is 18.4. The van der Waals surface area contributed by atoms with Crippen LogP contribution in [0.2, 0.25) is 0 Å². The van der Waals surface area contributed by atoms with Crippen LogP contribution in [0, 0.1) is 0 Å². The molecule has 0 aliphatic rings. The van der Waals surface area contributed by atoms with Gasteiger partial charge in [0, 0.05) is 18.8 Å². The van der Waals surface area contributed by atoms with Crippen molar-refractivity contribution in [3.63, 3.8) is 0 Å². The second-order valence-electron chi connectivity index (χ2n) is 4.68. The second-order valence-corrected chi connectivity index (χ2v) is 4.68. The average Bonchev–Trinajstić information content (AvgIpc) is 3.23. The highest BCUT2D eigenvalue weighted by Gasteiger charge is 2.06. The van der Waals surface area contributed by atoms with E-state index in [4.69, 9.17) is 13.9 Å². The maximum atomic E-state index is 5.73. The number of hydrogen-bond acceptors (Lipinski definition) is 5. The van der Waals surface area contributed by atoms with Crippen LogP contribution in [-0.2, 0) is 6.42 Å². The number of ether oxygens (including phenoxy) is 2. The lowest BCUT2D eigenvalue weighted by Gasteiger charge is -2.09. The van der Waals surface area contributed by atoms with Crippen molar-refractivity contribution in [1.29, 1.82) is 0 Å². The first-order valence-corrected chi connectivity index (χ1v) is 7.05. The Morgan fingerprint density at radius 1 is 1.23 bits per heavy atom. The van der Waals surface area contributed by atoms with Crippen molar-refractivity contribution in [2.75, 3.05) is 13.7 Å². The molecule has 0 aliphatic carbocycles. The Hall–Kier alpha value is -2.76. The number of imidazole rings is 1. The van der Waals surface area contributed by atoms with E-state index in [9.17, 15) is 0 Å². The minimum atomic E-state index is 0.526. The zero-order chi connectivity index (χ0) is 15.2. The van der Waals surface area contributed by atoms with Gasteiger partial charge in [-0.05, 0) is 18.6 Å². The Bertz CT molecular complexity index is 707. The molecule has 0 bridgehead atoms. The highest BCUT2D eigenvalue weighted by molar-refractivity contribution is 5.39. The summed E-state index contributed by atoms with van der Waals surface area (Å²) in [5, 5.41) is 0. The third kappa shape index (κ3) is 3.28. The van der Waals surface area contributed by atoms with Gasteiger partial charge < -0.3 is 13.9 Å². The smallest absolute Gasteiger partial charge is 0.307 e. The lowest BCUT2D eigenvalue weighted by molar-refractivity contribution is 0.286. The first kappa shape index (κ1) is 14.2. The van der Waals surface area contributed by atoms with Crippen LogP contribution in [0.25, 0.3) is 6.01 Å². The minimum Gasteiger partial charge on any atom is -0.493 e. The first-order valence-electron chi connectivity index (χ1n) is 7.05. The zero-order valence-corrected chi connectivity index (χ0v) is 12.3. The van der Waals surface area contributed by atoms with Gasteiger partial charge in [-0.25, -0.2) is 9.97 Å². The third-order valence-corrected chi connectivity index (χ3v) is 3.16. The van der Waals surface area contributed by atoms with Crippen LogP contribution in [0.4, 0.5) is 0 Å². The monoisotopic (exact) mass is 299 g/mol. The summed E-state index contributed by atoms with van der Waals surface area (Å²) in [6, 6.07) is 8.13. The molecule has 0 aliphatic heterocycles. The summed E-state index contributed by atoms with van der Waals surface area (Å²) in [5.41, 5.74) is 0. The van der Waals surface area contributed by atoms with Gasteiger partial charge in [0.05, 0.1) is 19.9 Å². The van der Waals surface area contributed by atoms with Gasteiger partial charge in [0.15, 0.2) is 11.5 Å². The van der Waals surface area contributed by atoms with Crippen LogP contribution in [0.15, 0.2) is 53.6 Å². The molecule has 0 N–H and O–H groups in total. The van der Waals surface area contributed by atoms with Gasteiger partial charge in [-0.1, -0.05) is 12.1 Å². The van der Waals surface area contributed by atoms with Gasteiger partial charge in [0.2, 0.25) is 0 Å². The van der Waals surface area contributed by atoms with E-state index >= 15 is 0 Å². The molecule has 2 heterocycles. The molecule has 22 heavy (non-hydrogen) atoms. The van der Waals surface area contributed by atoms with Crippen LogP contribution in [0.1, 0.15) is 12.2 Å². The fourth-order valence-electron chi connectivity index (χ4n) is 2.07. The second kappa shape index (κ2) is 6.80. The van der Waals surface area contributed by atoms with Crippen molar-refractivity contribution in [2.45, 2.75) is 12.8 Å². The van der Waals surface area contributed by atoms with E-state index in [0.717, 1.165) is 30.1 Å². The Labute approximate surface area is 128 Å². The molecule has 0 unspecified atom stereocenters. The summed E-state index contributed by atoms with van der Waals surface area (Å²) in [5.74, 6) is 2.32. The molecule has 0 saturated heterocycles. The predicted octanol–water partition coefficient (Wildman–Crippen LogP) is 2.88. The van der Waals surface area contributed by atoms with E-state index in [1.165, 1.54) is 0 Å². The summed E-state index contributed by atoms with van der Waals surface area (Å²) >= 11 is 0. The lowest BCUT2D eigenvalue weighted by atomic mass is 10.3. The van der Waals surface area contributed by atoms with Gasteiger partial charge in [-0.3, -0.25) is 4.57 Å². The molecule has 6 nitrogen and oxygen atoms in total. The number of oxazole rings is 1. The molecule has 0 fully saturated rings. The number of benzene rings is 1. The number of para-hydroxylation sites is 2. The third-order valence-electron chi connectivity index (χ3n) is 3.16. The van der Waals surface area contributed by atoms with Gasteiger partial charge in [-0.15, -0.1) is 0 Å². The molecule has 1 aromatic carbocycles. The van der Waals surface area contributed by atoms with Crippen molar-refractivity contribution in [3.8, 4) is 17.5 Å². The van der Waals surface area contributed by atoms with E-state index in [0.29, 0.717) is 12.6 Å². The SMILES string of the molecule is COc1ccccc1OCCCc1cnc(-n2ccnc2)o1. The molecule has 0 spiro atoms. The summed E-state index contributed by atoms with van der Waals surface area (Å²) in [7, 11) is 1.63. The molecule has 0 radical (unpaired) electrons. The highest BCUT2D eigenvalue weighted by atomic mass is 16.5. The molecular formula is C16H17N3O3. The average molecular weight is 299 g/mol. The summed E-state index contributed by atoms with van der Waals surface area (Å²) in [4.78, 5) is 8.18. The van der Waals surface area contributed by atoms with Crippen LogP contribution >= 0.6 is 0 Å². The van der Waals surface area contributed by atoms with Crippen LogP contribution in [0.5, 0.6) is 11.5 Å². The van der Waals surface area contributed by atoms with Crippen molar-refractivity contribution in [3.05, 3.63) is 54.9 Å². The maximum absolute atomic E-state index is 5.73. The Balaban J connectivity index is 1.49. The van der Waals surface area contributed by atoms with Crippen molar-refractivity contribution in [2.24, 2.45) is 0 Å². The van der Waals surface area contributed by atoms with E-state index in [-0.39, 0.29) is 0 Å². The van der Waals surface area contributed by atoms with Crippen LogP contribution in [-0.4, -0.2) is 28.3 Å². The molecule has 114 valence electrons. The molecule has 0 saturated carbocycles. The summed E-state index contributed by atoms with van der Waals surface area (Å²) in [6.45, 7) is 0.585. The molecule has 6 heteroatoms. The van der Waals surface area contributed by atoms with Gasteiger partial charge in [0.25, 0.3) is 0 Å².